The Hall–Kier alpha value is -1.46. The van der Waals surface area contributed by atoms with E-state index in [0.717, 1.165) is 46.1 Å². The molecule has 1 N–H and O–H groups in total. The van der Waals surface area contributed by atoms with Crippen molar-refractivity contribution in [1.29, 1.82) is 0 Å². The minimum atomic E-state index is 0.737. The summed E-state index contributed by atoms with van der Waals surface area (Å²) < 4.78 is 6.14. The van der Waals surface area contributed by atoms with Crippen LogP contribution < -0.4 is 10.1 Å². The zero-order valence-corrected chi connectivity index (χ0v) is 13.5. The lowest BCUT2D eigenvalue weighted by atomic mass is 10.2. The Morgan fingerprint density at radius 3 is 2.70 bits per heavy atom. The summed E-state index contributed by atoms with van der Waals surface area (Å²) in [5.41, 5.74) is 2.94. The van der Waals surface area contributed by atoms with E-state index in [1.54, 1.807) is 7.11 Å². The highest BCUT2D eigenvalue weighted by Crippen LogP contribution is 2.29. The first-order valence-corrected chi connectivity index (χ1v) is 7.32. The number of nitrogens with one attached hydrogen (secondary N) is 1. The molecule has 0 aliphatic carbocycles. The Labute approximate surface area is 127 Å². The molecule has 0 bridgehead atoms. The van der Waals surface area contributed by atoms with Crippen LogP contribution in [0.15, 0.2) is 28.7 Å². The van der Waals surface area contributed by atoms with E-state index >= 15 is 0 Å². The molecule has 5 heteroatoms. The van der Waals surface area contributed by atoms with Crippen LogP contribution in [0.5, 0.6) is 5.75 Å². The molecule has 20 heavy (non-hydrogen) atoms. The zero-order valence-electron chi connectivity index (χ0n) is 11.9. The molecule has 0 aliphatic heterocycles. The maximum Gasteiger partial charge on any atom is 0.159 e. The fraction of sp³-hybridized carbons (Fsp3) is 0.333. The van der Waals surface area contributed by atoms with Crippen molar-refractivity contribution in [1.82, 2.24) is 15.3 Å². The molecule has 0 saturated carbocycles. The van der Waals surface area contributed by atoms with Crippen LogP contribution in [0.2, 0.25) is 0 Å². The monoisotopic (exact) mass is 335 g/mol. The Bertz CT molecular complexity index is 602. The molecule has 2 rings (SSSR count). The number of rotatable bonds is 5. The first kappa shape index (κ1) is 14.9. The van der Waals surface area contributed by atoms with Crippen molar-refractivity contribution in [3.63, 3.8) is 0 Å². The normalized spacial score (nSPS) is 10.6. The standard InChI is InChI=1S/C15H18BrN3O/c1-4-17-9-12-7-10(2)18-15(19-12)11-5-6-14(20-3)13(16)8-11/h5-8,17H,4,9H2,1-3H3. The van der Waals surface area contributed by atoms with Gasteiger partial charge in [0.1, 0.15) is 5.75 Å². The van der Waals surface area contributed by atoms with Gasteiger partial charge in [-0.3, -0.25) is 0 Å². The molecule has 1 aromatic heterocycles. The number of nitrogens with zero attached hydrogens (tertiary/aromatic N) is 2. The highest BCUT2D eigenvalue weighted by molar-refractivity contribution is 9.10. The van der Waals surface area contributed by atoms with Crippen LogP contribution in [0.1, 0.15) is 18.3 Å². The largest absolute Gasteiger partial charge is 0.496 e. The molecule has 2 aromatic rings. The molecule has 0 saturated heterocycles. The Morgan fingerprint density at radius 2 is 2.05 bits per heavy atom. The predicted molar refractivity (Wildman–Crippen MR) is 83.8 cm³/mol. The molecule has 0 radical (unpaired) electrons. The van der Waals surface area contributed by atoms with E-state index in [9.17, 15) is 0 Å². The summed E-state index contributed by atoms with van der Waals surface area (Å²) in [6.07, 6.45) is 0. The number of ether oxygens (including phenoxy) is 1. The van der Waals surface area contributed by atoms with Crippen LogP contribution in [0.4, 0.5) is 0 Å². The number of aromatic nitrogens is 2. The molecule has 0 atom stereocenters. The third-order valence-corrected chi connectivity index (χ3v) is 3.49. The Kier molecular flexibility index (Phi) is 5.09. The molecular formula is C15H18BrN3O. The van der Waals surface area contributed by atoms with Crippen molar-refractivity contribution in [2.45, 2.75) is 20.4 Å². The van der Waals surface area contributed by atoms with Crippen molar-refractivity contribution >= 4 is 15.9 Å². The first-order valence-electron chi connectivity index (χ1n) is 6.53. The van der Waals surface area contributed by atoms with E-state index in [2.05, 4.69) is 38.1 Å². The van der Waals surface area contributed by atoms with E-state index in [4.69, 9.17) is 4.74 Å². The third-order valence-electron chi connectivity index (χ3n) is 2.87. The lowest BCUT2D eigenvalue weighted by Crippen LogP contribution is -2.13. The van der Waals surface area contributed by atoms with Crippen molar-refractivity contribution in [3.05, 3.63) is 40.1 Å². The summed E-state index contributed by atoms with van der Waals surface area (Å²) in [5.74, 6) is 1.54. The van der Waals surface area contributed by atoms with Crippen molar-refractivity contribution in [3.8, 4) is 17.1 Å². The van der Waals surface area contributed by atoms with Gasteiger partial charge < -0.3 is 10.1 Å². The highest BCUT2D eigenvalue weighted by Gasteiger charge is 2.08. The fourth-order valence-electron chi connectivity index (χ4n) is 1.91. The van der Waals surface area contributed by atoms with Crippen LogP contribution in [0.25, 0.3) is 11.4 Å². The number of hydrogen-bond acceptors (Lipinski definition) is 4. The van der Waals surface area contributed by atoms with Gasteiger partial charge in [0.15, 0.2) is 5.82 Å². The van der Waals surface area contributed by atoms with Crippen molar-refractivity contribution in [2.24, 2.45) is 0 Å². The van der Waals surface area contributed by atoms with E-state index in [-0.39, 0.29) is 0 Å². The van der Waals surface area contributed by atoms with Gasteiger partial charge >= 0.3 is 0 Å². The highest BCUT2D eigenvalue weighted by atomic mass is 79.9. The van der Waals surface area contributed by atoms with Gasteiger partial charge in [0, 0.05) is 17.8 Å². The summed E-state index contributed by atoms with van der Waals surface area (Å²) in [4.78, 5) is 9.11. The van der Waals surface area contributed by atoms with E-state index < -0.39 is 0 Å². The molecule has 0 fully saturated rings. The Balaban J connectivity index is 2.36. The molecule has 0 unspecified atom stereocenters. The second-order valence-electron chi connectivity index (χ2n) is 4.45. The maximum absolute atomic E-state index is 5.24. The lowest BCUT2D eigenvalue weighted by molar-refractivity contribution is 0.412. The van der Waals surface area contributed by atoms with Crippen LogP contribution in [-0.2, 0) is 6.54 Å². The van der Waals surface area contributed by atoms with Crippen LogP contribution >= 0.6 is 15.9 Å². The summed E-state index contributed by atoms with van der Waals surface area (Å²) in [6, 6.07) is 7.86. The van der Waals surface area contributed by atoms with E-state index in [0.29, 0.717) is 0 Å². The number of halogens is 1. The molecule has 0 aliphatic rings. The third kappa shape index (κ3) is 3.55. The van der Waals surface area contributed by atoms with Crippen LogP contribution in [-0.4, -0.2) is 23.6 Å². The summed E-state index contributed by atoms with van der Waals surface area (Å²) in [6.45, 7) is 5.74. The minimum Gasteiger partial charge on any atom is -0.496 e. The predicted octanol–water partition coefficient (Wildman–Crippen LogP) is 3.33. The van der Waals surface area contributed by atoms with Gasteiger partial charge in [0.2, 0.25) is 0 Å². The SMILES string of the molecule is CCNCc1cc(C)nc(-c2ccc(OC)c(Br)c2)n1. The van der Waals surface area contributed by atoms with E-state index in [1.165, 1.54) is 0 Å². The lowest BCUT2D eigenvalue weighted by Gasteiger charge is -2.08. The molecule has 1 heterocycles. The second kappa shape index (κ2) is 6.81. The zero-order chi connectivity index (χ0) is 14.5. The van der Waals surface area contributed by atoms with E-state index in [1.807, 2.05) is 31.2 Å². The van der Waals surface area contributed by atoms with Gasteiger partial charge in [0.25, 0.3) is 0 Å². The van der Waals surface area contributed by atoms with Gasteiger partial charge in [-0.15, -0.1) is 0 Å². The fourth-order valence-corrected chi connectivity index (χ4v) is 2.45. The maximum atomic E-state index is 5.24. The first-order chi connectivity index (χ1) is 9.63. The number of benzene rings is 1. The van der Waals surface area contributed by atoms with Gasteiger partial charge in [-0.1, -0.05) is 6.92 Å². The van der Waals surface area contributed by atoms with Gasteiger partial charge in [0.05, 0.1) is 17.3 Å². The van der Waals surface area contributed by atoms with Crippen LogP contribution in [0, 0.1) is 6.92 Å². The number of hydrogen-bond donors (Lipinski definition) is 1. The summed E-state index contributed by atoms with van der Waals surface area (Å²) >= 11 is 3.49. The topological polar surface area (TPSA) is 47.0 Å². The molecule has 106 valence electrons. The molecule has 4 nitrogen and oxygen atoms in total. The minimum absolute atomic E-state index is 0.737. The Morgan fingerprint density at radius 1 is 1.25 bits per heavy atom. The molecular weight excluding hydrogens is 318 g/mol. The van der Waals surface area contributed by atoms with Crippen molar-refractivity contribution in [2.75, 3.05) is 13.7 Å². The van der Waals surface area contributed by atoms with Gasteiger partial charge in [-0.2, -0.15) is 0 Å². The summed E-state index contributed by atoms with van der Waals surface area (Å²) in [5, 5.41) is 3.28. The molecule has 0 spiro atoms. The average molecular weight is 336 g/mol. The van der Waals surface area contributed by atoms with Crippen molar-refractivity contribution < 1.29 is 4.74 Å². The van der Waals surface area contributed by atoms with Crippen LogP contribution in [0.3, 0.4) is 0 Å². The average Bonchev–Trinajstić information content (AvgIpc) is 2.44. The molecule has 1 aromatic carbocycles. The van der Waals surface area contributed by atoms with Gasteiger partial charge in [-0.05, 0) is 53.7 Å². The van der Waals surface area contributed by atoms with Gasteiger partial charge in [-0.25, -0.2) is 9.97 Å². The smallest absolute Gasteiger partial charge is 0.159 e. The summed E-state index contributed by atoms with van der Waals surface area (Å²) in [7, 11) is 1.65. The number of aryl methyl sites for hydroxylation is 1. The number of methoxy groups -OCH3 is 1. The quantitative estimate of drug-likeness (QED) is 0.910. The molecule has 0 amide bonds. The second-order valence-corrected chi connectivity index (χ2v) is 5.31.